The van der Waals surface area contributed by atoms with Gasteiger partial charge in [-0.2, -0.15) is 0 Å². The lowest BCUT2D eigenvalue weighted by atomic mass is 9.90. The molecule has 0 aliphatic heterocycles. The maximum Gasteiger partial charge on any atom is 0.239 e. The zero-order chi connectivity index (χ0) is 17.9. The van der Waals surface area contributed by atoms with Crippen molar-refractivity contribution in [3.63, 3.8) is 0 Å². The highest BCUT2D eigenvalue weighted by Gasteiger charge is 2.36. The number of para-hydroxylation sites is 1. The maximum absolute atomic E-state index is 12.6. The van der Waals surface area contributed by atoms with E-state index in [1.807, 2.05) is 32.0 Å². The first-order valence-corrected chi connectivity index (χ1v) is 8.04. The minimum Gasteiger partial charge on any atom is -0.325 e. The topological polar surface area (TPSA) is 58.2 Å². The molecule has 0 aliphatic carbocycles. The van der Waals surface area contributed by atoms with Crippen LogP contribution in [0.4, 0.5) is 11.4 Å². The van der Waals surface area contributed by atoms with Crippen LogP contribution in [0.1, 0.15) is 25.0 Å². The van der Waals surface area contributed by atoms with Crippen LogP contribution in [0.2, 0.25) is 5.02 Å². The summed E-state index contributed by atoms with van der Waals surface area (Å²) in [5.41, 5.74) is 2.02. The lowest BCUT2D eigenvalue weighted by Gasteiger charge is -2.24. The average Bonchev–Trinajstić information content (AvgIpc) is 2.53. The second kappa shape index (κ2) is 7.05. The standard InChI is InChI=1S/C19H21ClN2O2/c1-12-6-5-7-13(2)16(12)22-18(24)19(3,4)17(23)21-15-10-8-14(20)9-11-15/h5-11H,1-4H3,(H,21,23)(H,22,24). The minimum atomic E-state index is -1.23. The number of amides is 2. The summed E-state index contributed by atoms with van der Waals surface area (Å²) < 4.78 is 0. The highest BCUT2D eigenvalue weighted by Crippen LogP contribution is 2.25. The number of nitrogens with one attached hydrogen (secondary N) is 2. The molecule has 2 N–H and O–H groups in total. The van der Waals surface area contributed by atoms with Crippen molar-refractivity contribution in [2.45, 2.75) is 27.7 Å². The van der Waals surface area contributed by atoms with Crippen LogP contribution in [0.3, 0.4) is 0 Å². The molecule has 0 aromatic heterocycles. The fraction of sp³-hybridized carbons (Fsp3) is 0.263. The third kappa shape index (κ3) is 3.95. The van der Waals surface area contributed by atoms with Gasteiger partial charge in [0.1, 0.15) is 5.41 Å². The van der Waals surface area contributed by atoms with E-state index >= 15 is 0 Å². The number of rotatable bonds is 4. The van der Waals surface area contributed by atoms with Crippen molar-refractivity contribution in [2.24, 2.45) is 5.41 Å². The van der Waals surface area contributed by atoms with Gasteiger partial charge in [-0.15, -0.1) is 0 Å². The number of halogens is 1. The largest absolute Gasteiger partial charge is 0.325 e. The average molecular weight is 345 g/mol. The number of aryl methyl sites for hydroxylation is 2. The molecule has 0 unspecified atom stereocenters. The van der Waals surface area contributed by atoms with Crippen molar-refractivity contribution in [3.05, 3.63) is 58.6 Å². The molecule has 0 radical (unpaired) electrons. The molecule has 2 aromatic rings. The number of hydrogen-bond donors (Lipinski definition) is 2. The molecule has 0 saturated carbocycles. The Morgan fingerprint density at radius 3 is 1.92 bits per heavy atom. The Kier molecular flexibility index (Phi) is 5.30. The van der Waals surface area contributed by atoms with Crippen LogP contribution in [0.5, 0.6) is 0 Å². The Hall–Kier alpha value is -2.33. The normalized spacial score (nSPS) is 11.0. The zero-order valence-electron chi connectivity index (χ0n) is 14.2. The van der Waals surface area contributed by atoms with E-state index in [9.17, 15) is 9.59 Å². The Morgan fingerprint density at radius 2 is 1.38 bits per heavy atom. The van der Waals surface area contributed by atoms with Crippen LogP contribution in [-0.4, -0.2) is 11.8 Å². The van der Waals surface area contributed by atoms with Crippen LogP contribution in [-0.2, 0) is 9.59 Å². The molecule has 0 saturated heterocycles. The van der Waals surface area contributed by atoms with E-state index in [-0.39, 0.29) is 11.8 Å². The van der Waals surface area contributed by atoms with Gasteiger partial charge in [0.2, 0.25) is 11.8 Å². The lowest BCUT2D eigenvalue weighted by Crippen LogP contribution is -2.41. The molecule has 126 valence electrons. The van der Waals surface area contributed by atoms with Crippen molar-refractivity contribution >= 4 is 34.8 Å². The van der Waals surface area contributed by atoms with Crippen LogP contribution in [0.15, 0.2) is 42.5 Å². The number of carbonyl (C=O) groups is 2. The monoisotopic (exact) mass is 344 g/mol. The van der Waals surface area contributed by atoms with E-state index in [2.05, 4.69) is 10.6 Å². The van der Waals surface area contributed by atoms with Crippen LogP contribution >= 0.6 is 11.6 Å². The first kappa shape index (κ1) is 18.0. The molecule has 0 bridgehead atoms. The number of benzene rings is 2. The van der Waals surface area contributed by atoms with Gasteiger partial charge in [0.25, 0.3) is 0 Å². The zero-order valence-corrected chi connectivity index (χ0v) is 15.0. The summed E-state index contributed by atoms with van der Waals surface area (Å²) in [5, 5.41) is 6.20. The smallest absolute Gasteiger partial charge is 0.239 e. The van der Waals surface area contributed by atoms with Crippen LogP contribution in [0, 0.1) is 19.3 Å². The Morgan fingerprint density at radius 1 is 0.875 bits per heavy atom. The van der Waals surface area contributed by atoms with E-state index in [0.29, 0.717) is 10.7 Å². The summed E-state index contributed by atoms with van der Waals surface area (Å²) in [6.07, 6.45) is 0. The van der Waals surface area contributed by atoms with Crippen molar-refractivity contribution in [1.29, 1.82) is 0 Å². The van der Waals surface area contributed by atoms with Crippen molar-refractivity contribution < 1.29 is 9.59 Å². The summed E-state index contributed by atoms with van der Waals surface area (Å²) >= 11 is 5.83. The Labute approximate surface area is 147 Å². The number of hydrogen-bond acceptors (Lipinski definition) is 2. The number of anilines is 2. The van der Waals surface area contributed by atoms with E-state index < -0.39 is 5.41 Å². The molecule has 0 aliphatic rings. The van der Waals surface area contributed by atoms with Gasteiger partial charge in [0.05, 0.1) is 0 Å². The molecular weight excluding hydrogens is 324 g/mol. The summed E-state index contributed by atoms with van der Waals surface area (Å²) in [6.45, 7) is 7.04. The molecule has 0 spiro atoms. The molecule has 5 heteroatoms. The van der Waals surface area contributed by atoms with Gasteiger partial charge >= 0.3 is 0 Å². The Bertz CT molecular complexity index is 747. The fourth-order valence-electron chi connectivity index (χ4n) is 2.21. The molecule has 24 heavy (non-hydrogen) atoms. The van der Waals surface area contributed by atoms with Gasteiger partial charge in [-0.25, -0.2) is 0 Å². The van der Waals surface area contributed by atoms with Crippen LogP contribution < -0.4 is 10.6 Å². The van der Waals surface area contributed by atoms with Gasteiger partial charge in [0.15, 0.2) is 0 Å². The maximum atomic E-state index is 12.6. The summed E-state index contributed by atoms with van der Waals surface area (Å²) in [7, 11) is 0. The molecular formula is C19H21ClN2O2. The molecule has 2 aromatic carbocycles. The first-order chi connectivity index (χ1) is 11.2. The molecule has 2 rings (SSSR count). The highest BCUT2D eigenvalue weighted by atomic mass is 35.5. The van der Waals surface area contributed by atoms with Gasteiger partial charge in [-0.1, -0.05) is 29.8 Å². The van der Waals surface area contributed by atoms with Crippen molar-refractivity contribution in [1.82, 2.24) is 0 Å². The quantitative estimate of drug-likeness (QED) is 0.799. The third-order valence-electron chi connectivity index (χ3n) is 3.96. The fourth-order valence-corrected chi connectivity index (χ4v) is 2.33. The highest BCUT2D eigenvalue weighted by molar-refractivity contribution is 6.30. The van der Waals surface area contributed by atoms with E-state index in [1.165, 1.54) is 0 Å². The van der Waals surface area contributed by atoms with E-state index in [4.69, 9.17) is 11.6 Å². The minimum absolute atomic E-state index is 0.355. The molecule has 4 nitrogen and oxygen atoms in total. The molecule has 0 fully saturated rings. The van der Waals surface area contributed by atoms with Crippen molar-refractivity contribution in [3.8, 4) is 0 Å². The second-order valence-corrected chi connectivity index (χ2v) is 6.74. The van der Waals surface area contributed by atoms with Gasteiger partial charge in [-0.05, 0) is 63.1 Å². The second-order valence-electron chi connectivity index (χ2n) is 6.31. The SMILES string of the molecule is Cc1cccc(C)c1NC(=O)C(C)(C)C(=O)Nc1ccc(Cl)cc1. The van der Waals surface area contributed by atoms with E-state index in [0.717, 1.165) is 16.8 Å². The van der Waals surface area contributed by atoms with Gasteiger partial charge in [-0.3, -0.25) is 9.59 Å². The van der Waals surface area contributed by atoms with Gasteiger partial charge in [0, 0.05) is 16.4 Å². The van der Waals surface area contributed by atoms with Crippen molar-refractivity contribution in [2.75, 3.05) is 10.6 Å². The van der Waals surface area contributed by atoms with Crippen LogP contribution in [0.25, 0.3) is 0 Å². The summed E-state index contributed by atoms with van der Waals surface area (Å²) in [4.78, 5) is 25.1. The lowest BCUT2D eigenvalue weighted by molar-refractivity contribution is -0.135. The summed E-state index contributed by atoms with van der Waals surface area (Å²) in [6, 6.07) is 12.5. The molecule has 2 amide bonds. The Balaban J connectivity index is 2.14. The number of carbonyl (C=O) groups excluding carboxylic acids is 2. The van der Waals surface area contributed by atoms with E-state index in [1.54, 1.807) is 38.1 Å². The van der Waals surface area contributed by atoms with Gasteiger partial charge < -0.3 is 10.6 Å². The third-order valence-corrected chi connectivity index (χ3v) is 4.21. The molecule has 0 atom stereocenters. The predicted octanol–water partition coefficient (Wildman–Crippen LogP) is 4.56. The first-order valence-electron chi connectivity index (χ1n) is 7.66. The summed E-state index contributed by atoms with van der Waals surface area (Å²) in [5.74, 6) is -0.736. The predicted molar refractivity (Wildman–Crippen MR) is 98.4 cm³/mol. The molecule has 0 heterocycles.